The van der Waals surface area contributed by atoms with E-state index in [0.29, 0.717) is 17.8 Å². The van der Waals surface area contributed by atoms with Crippen molar-refractivity contribution in [2.45, 2.75) is 32.1 Å². The second-order valence-electron chi connectivity index (χ2n) is 7.44. The number of para-hydroxylation sites is 1. The zero-order valence-corrected chi connectivity index (χ0v) is 20.5. The average Bonchev–Trinajstić information content (AvgIpc) is 3.30. The number of esters is 1. The van der Waals surface area contributed by atoms with Gasteiger partial charge < -0.3 is 10.1 Å². The summed E-state index contributed by atoms with van der Waals surface area (Å²) >= 11 is 0.973. The van der Waals surface area contributed by atoms with Gasteiger partial charge in [-0.15, -0.1) is 11.3 Å². The summed E-state index contributed by atoms with van der Waals surface area (Å²) in [6.45, 7) is 5.30. The van der Waals surface area contributed by atoms with E-state index in [0.717, 1.165) is 32.3 Å². The summed E-state index contributed by atoms with van der Waals surface area (Å²) in [5.74, 6) is -1.24. The normalized spacial score (nSPS) is 11.2. The lowest BCUT2D eigenvalue weighted by Crippen LogP contribution is -2.38. The number of anilines is 2. The van der Waals surface area contributed by atoms with Crippen LogP contribution in [0, 0.1) is 13.8 Å². The lowest BCUT2D eigenvalue weighted by Gasteiger charge is -2.25. The Morgan fingerprint density at radius 1 is 1.06 bits per heavy atom. The van der Waals surface area contributed by atoms with Gasteiger partial charge in [0.2, 0.25) is 5.91 Å². The van der Waals surface area contributed by atoms with Crippen LogP contribution in [0.5, 0.6) is 0 Å². The van der Waals surface area contributed by atoms with E-state index < -0.39 is 28.4 Å². The lowest BCUT2D eigenvalue weighted by molar-refractivity contribution is -0.114. The molecule has 9 heteroatoms. The number of hydrogen-bond donors (Lipinski definition) is 1. The van der Waals surface area contributed by atoms with E-state index in [-0.39, 0.29) is 9.77 Å². The Morgan fingerprint density at radius 2 is 1.79 bits per heavy atom. The van der Waals surface area contributed by atoms with Crippen LogP contribution in [-0.2, 0) is 26.0 Å². The third-order valence-corrected chi connectivity index (χ3v) is 8.15. The highest BCUT2D eigenvalue weighted by atomic mass is 32.2. The van der Waals surface area contributed by atoms with E-state index in [1.54, 1.807) is 30.3 Å². The Kier molecular flexibility index (Phi) is 7.55. The molecular formula is C24H26N2O5S2. The summed E-state index contributed by atoms with van der Waals surface area (Å²) in [5.41, 5.74) is 3.77. The topological polar surface area (TPSA) is 92.8 Å². The molecule has 0 spiro atoms. The highest BCUT2D eigenvalue weighted by Gasteiger charge is 2.32. The zero-order chi connectivity index (χ0) is 24.2. The molecule has 3 rings (SSSR count). The van der Waals surface area contributed by atoms with Gasteiger partial charge in [-0.1, -0.05) is 31.2 Å². The first-order chi connectivity index (χ1) is 15.7. The number of amides is 1. The summed E-state index contributed by atoms with van der Waals surface area (Å²) in [5, 5.41) is 4.33. The van der Waals surface area contributed by atoms with Gasteiger partial charge in [0.1, 0.15) is 16.3 Å². The van der Waals surface area contributed by atoms with Gasteiger partial charge in [0.15, 0.2) is 0 Å². The Bertz CT molecular complexity index is 1280. The summed E-state index contributed by atoms with van der Waals surface area (Å²) in [7, 11) is -3.05. The van der Waals surface area contributed by atoms with Crippen molar-refractivity contribution < 1.29 is 22.7 Å². The van der Waals surface area contributed by atoms with Crippen LogP contribution in [-0.4, -0.2) is 33.9 Å². The first-order valence-electron chi connectivity index (χ1n) is 10.3. The molecule has 0 aliphatic carbocycles. The second kappa shape index (κ2) is 10.2. The molecule has 0 radical (unpaired) electrons. The first kappa shape index (κ1) is 24.5. The number of carbonyl (C=O) groups excluding carboxylic acids is 2. The molecule has 1 amide bonds. The quantitative estimate of drug-likeness (QED) is 0.472. The van der Waals surface area contributed by atoms with Crippen LogP contribution >= 0.6 is 11.3 Å². The van der Waals surface area contributed by atoms with Gasteiger partial charge >= 0.3 is 5.97 Å². The molecule has 0 fully saturated rings. The molecule has 0 atom stereocenters. The molecule has 174 valence electrons. The third kappa shape index (κ3) is 5.26. The molecule has 0 aliphatic heterocycles. The Labute approximate surface area is 198 Å². The highest BCUT2D eigenvalue weighted by molar-refractivity contribution is 7.93. The van der Waals surface area contributed by atoms with Crippen LogP contribution in [0.2, 0.25) is 0 Å². The Hall–Kier alpha value is -3.17. The van der Waals surface area contributed by atoms with Gasteiger partial charge in [0.05, 0.1) is 12.8 Å². The van der Waals surface area contributed by atoms with Crippen molar-refractivity contribution in [2.24, 2.45) is 0 Å². The molecule has 7 nitrogen and oxygen atoms in total. The first-order valence-corrected chi connectivity index (χ1v) is 12.6. The van der Waals surface area contributed by atoms with Crippen LogP contribution < -0.4 is 9.62 Å². The van der Waals surface area contributed by atoms with E-state index in [4.69, 9.17) is 4.74 Å². The zero-order valence-electron chi connectivity index (χ0n) is 18.9. The number of rotatable bonds is 8. The molecule has 0 saturated heterocycles. The fourth-order valence-corrected chi connectivity index (χ4v) is 6.05. The van der Waals surface area contributed by atoms with Crippen LogP contribution in [0.15, 0.2) is 58.8 Å². The SMILES string of the molecule is CCc1ccccc1NC(=O)CN(c1ccc(C)c(C)c1)S(=O)(=O)c1ccsc1C(=O)OC. The third-order valence-electron chi connectivity index (χ3n) is 5.31. The summed E-state index contributed by atoms with van der Waals surface area (Å²) in [6.07, 6.45) is 0.715. The maximum atomic E-state index is 13.7. The fourth-order valence-electron chi connectivity index (χ4n) is 3.33. The molecule has 3 aromatic rings. The largest absolute Gasteiger partial charge is 0.465 e. The van der Waals surface area contributed by atoms with Gasteiger partial charge in [-0.3, -0.25) is 9.10 Å². The van der Waals surface area contributed by atoms with Gasteiger partial charge in [-0.25, -0.2) is 13.2 Å². The van der Waals surface area contributed by atoms with Crippen molar-refractivity contribution in [2.75, 3.05) is 23.3 Å². The number of aryl methyl sites for hydroxylation is 3. The molecule has 33 heavy (non-hydrogen) atoms. The number of thiophene rings is 1. The number of methoxy groups -OCH3 is 1. The number of nitrogens with zero attached hydrogens (tertiary/aromatic N) is 1. The monoisotopic (exact) mass is 486 g/mol. The van der Waals surface area contributed by atoms with Crippen molar-refractivity contribution >= 4 is 44.6 Å². The van der Waals surface area contributed by atoms with Crippen LogP contribution in [0.25, 0.3) is 0 Å². The molecule has 0 aliphatic rings. The number of ether oxygens (including phenoxy) is 1. The number of benzene rings is 2. The summed E-state index contributed by atoms with van der Waals surface area (Å²) in [4.78, 5) is 24.9. The minimum atomic E-state index is -4.25. The Balaban J connectivity index is 2.03. The molecule has 1 N–H and O–H groups in total. The van der Waals surface area contributed by atoms with Crippen molar-refractivity contribution in [3.63, 3.8) is 0 Å². The number of sulfonamides is 1. The van der Waals surface area contributed by atoms with Gasteiger partial charge in [-0.05, 0) is 66.6 Å². The van der Waals surface area contributed by atoms with Crippen molar-refractivity contribution in [1.82, 2.24) is 0 Å². The maximum absolute atomic E-state index is 13.7. The fraction of sp³-hybridized carbons (Fsp3) is 0.250. The van der Waals surface area contributed by atoms with Crippen LogP contribution in [0.3, 0.4) is 0 Å². The van der Waals surface area contributed by atoms with E-state index in [1.165, 1.54) is 18.6 Å². The van der Waals surface area contributed by atoms with Crippen molar-refractivity contribution in [3.8, 4) is 0 Å². The van der Waals surface area contributed by atoms with Gasteiger partial charge in [0, 0.05) is 5.69 Å². The molecular weight excluding hydrogens is 460 g/mol. The molecule has 0 bridgehead atoms. The Morgan fingerprint density at radius 3 is 2.45 bits per heavy atom. The molecule has 2 aromatic carbocycles. The van der Waals surface area contributed by atoms with Crippen molar-refractivity contribution in [3.05, 3.63) is 75.5 Å². The van der Waals surface area contributed by atoms with Gasteiger partial charge in [-0.2, -0.15) is 0 Å². The van der Waals surface area contributed by atoms with Crippen LogP contribution in [0.4, 0.5) is 11.4 Å². The maximum Gasteiger partial charge on any atom is 0.349 e. The minimum absolute atomic E-state index is 0.0388. The molecule has 1 aromatic heterocycles. The van der Waals surface area contributed by atoms with E-state index >= 15 is 0 Å². The van der Waals surface area contributed by atoms with Crippen molar-refractivity contribution in [1.29, 1.82) is 0 Å². The standard InChI is InChI=1S/C24H26N2O5S2/c1-5-18-8-6-7-9-20(18)25-22(27)15-26(19-11-10-16(2)17(3)14-19)33(29,30)21-12-13-32-23(21)24(28)31-4/h6-14H,5,15H2,1-4H3,(H,25,27). The number of hydrogen-bond acceptors (Lipinski definition) is 6. The predicted molar refractivity (Wildman–Crippen MR) is 131 cm³/mol. The molecule has 1 heterocycles. The molecule has 0 unspecified atom stereocenters. The highest BCUT2D eigenvalue weighted by Crippen LogP contribution is 2.30. The van der Waals surface area contributed by atoms with E-state index in [2.05, 4.69) is 5.32 Å². The van der Waals surface area contributed by atoms with Crippen LogP contribution in [0.1, 0.15) is 33.3 Å². The molecule has 0 saturated carbocycles. The smallest absolute Gasteiger partial charge is 0.349 e. The predicted octanol–water partition coefficient (Wildman–Crippen LogP) is 4.55. The minimum Gasteiger partial charge on any atom is -0.465 e. The number of nitrogens with one attached hydrogen (secondary N) is 1. The second-order valence-corrected chi connectivity index (χ2v) is 10.2. The van der Waals surface area contributed by atoms with E-state index in [1.807, 2.05) is 32.9 Å². The number of carbonyl (C=O) groups is 2. The summed E-state index contributed by atoms with van der Waals surface area (Å²) < 4.78 is 33.1. The average molecular weight is 487 g/mol. The summed E-state index contributed by atoms with van der Waals surface area (Å²) in [6, 6.07) is 13.9. The van der Waals surface area contributed by atoms with E-state index in [9.17, 15) is 18.0 Å². The van der Waals surface area contributed by atoms with Gasteiger partial charge in [0.25, 0.3) is 10.0 Å². The lowest BCUT2D eigenvalue weighted by atomic mass is 10.1.